The van der Waals surface area contributed by atoms with Gasteiger partial charge in [-0.3, -0.25) is 0 Å². The van der Waals surface area contributed by atoms with Gasteiger partial charge in [0.1, 0.15) is 13.6 Å². The van der Waals surface area contributed by atoms with Crippen LogP contribution in [0.4, 0.5) is 0 Å². The molecule has 5 nitrogen and oxygen atoms in total. The van der Waals surface area contributed by atoms with Crippen LogP contribution in [0.15, 0.2) is 24.3 Å². The first kappa shape index (κ1) is 28.3. The van der Waals surface area contributed by atoms with Gasteiger partial charge in [0.05, 0.1) is 0 Å². The zero-order valence-electron chi connectivity index (χ0n) is 18.9. The second kappa shape index (κ2) is 23.6. The summed E-state index contributed by atoms with van der Waals surface area (Å²) >= 11 is 0. The van der Waals surface area contributed by atoms with Gasteiger partial charge in [0.15, 0.2) is 0 Å². The highest BCUT2D eigenvalue weighted by Crippen LogP contribution is 2.12. The molecule has 29 heavy (non-hydrogen) atoms. The third kappa shape index (κ3) is 20.3. The van der Waals surface area contributed by atoms with Crippen LogP contribution in [0.25, 0.3) is 0 Å². The molecule has 2 atom stereocenters. The van der Waals surface area contributed by atoms with Crippen molar-refractivity contribution in [3.8, 4) is 0 Å². The average molecular weight is 415 g/mol. The van der Waals surface area contributed by atoms with Gasteiger partial charge >= 0.3 is 0 Å². The van der Waals surface area contributed by atoms with Gasteiger partial charge in [-0.05, 0) is 76.0 Å². The summed E-state index contributed by atoms with van der Waals surface area (Å²) in [5, 5.41) is 17.6. The largest absolute Gasteiger partial charge is 0.396 e. The molecule has 0 rings (SSSR count). The lowest BCUT2D eigenvalue weighted by Crippen LogP contribution is -2.09. The predicted molar refractivity (Wildman–Crippen MR) is 120 cm³/mol. The second-order valence-corrected chi connectivity index (χ2v) is 7.47. The smallest absolute Gasteiger partial charge is 0.149 e. The van der Waals surface area contributed by atoms with Crippen LogP contribution >= 0.6 is 0 Å². The molecule has 0 aliphatic rings. The molecule has 0 aliphatic heterocycles. The number of aliphatic hydroxyl groups is 2. The van der Waals surface area contributed by atoms with Gasteiger partial charge in [-0.2, -0.15) is 0 Å². The summed E-state index contributed by atoms with van der Waals surface area (Å²) in [6.07, 6.45) is 19.2. The van der Waals surface area contributed by atoms with Crippen LogP contribution in [-0.4, -0.2) is 50.2 Å². The molecule has 0 bridgehead atoms. The Morgan fingerprint density at radius 1 is 0.655 bits per heavy atom. The summed E-state index contributed by atoms with van der Waals surface area (Å²) in [4.78, 5) is 0. The maximum Gasteiger partial charge on any atom is 0.149 e. The highest BCUT2D eigenvalue weighted by molar-refractivity contribution is 4.88. The molecule has 2 unspecified atom stereocenters. The van der Waals surface area contributed by atoms with Gasteiger partial charge in [0, 0.05) is 26.4 Å². The SMILES string of the molecule is CCC(C=CCCCCO)CCOCOCOCCC(C=CCCCCO)CC. The molecule has 0 fully saturated rings. The number of ether oxygens (including phenoxy) is 3. The molecular formula is C24H46O5. The molecule has 2 N–H and O–H groups in total. The van der Waals surface area contributed by atoms with E-state index in [1.54, 1.807) is 0 Å². The lowest BCUT2D eigenvalue weighted by molar-refractivity contribution is -0.132. The third-order valence-corrected chi connectivity index (χ3v) is 5.02. The normalized spacial score (nSPS) is 14.2. The number of hydrogen-bond acceptors (Lipinski definition) is 5. The third-order valence-electron chi connectivity index (χ3n) is 5.02. The van der Waals surface area contributed by atoms with E-state index in [1.165, 1.54) is 0 Å². The van der Waals surface area contributed by atoms with E-state index in [2.05, 4.69) is 38.2 Å². The van der Waals surface area contributed by atoms with Crippen LogP contribution in [0, 0.1) is 11.8 Å². The van der Waals surface area contributed by atoms with Crippen molar-refractivity contribution in [2.45, 2.75) is 78.1 Å². The van der Waals surface area contributed by atoms with Gasteiger partial charge in [-0.15, -0.1) is 0 Å². The van der Waals surface area contributed by atoms with Crippen molar-refractivity contribution in [3.05, 3.63) is 24.3 Å². The van der Waals surface area contributed by atoms with E-state index >= 15 is 0 Å². The van der Waals surface area contributed by atoms with Crippen LogP contribution in [0.2, 0.25) is 0 Å². The summed E-state index contributed by atoms with van der Waals surface area (Å²) in [5.74, 6) is 1.09. The Balaban J connectivity index is 3.56. The molecule has 0 aromatic rings. The number of rotatable bonds is 22. The van der Waals surface area contributed by atoms with Crippen LogP contribution in [0.5, 0.6) is 0 Å². The van der Waals surface area contributed by atoms with E-state index in [-0.39, 0.29) is 26.8 Å². The van der Waals surface area contributed by atoms with E-state index in [0.29, 0.717) is 25.0 Å². The first-order valence-electron chi connectivity index (χ1n) is 11.6. The number of allylic oxidation sites excluding steroid dienone is 4. The molecule has 0 aliphatic carbocycles. The zero-order chi connectivity index (χ0) is 21.4. The van der Waals surface area contributed by atoms with Crippen LogP contribution in [-0.2, 0) is 14.2 Å². The molecule has 0 aromatic heterocycles. The minimum atomic E-state index is 0.276. The molecular weight excluding hydrogens is 368 g/mol. The van der Waals surface area contributed by atoms with E-state index < -0.39 is 0 Å². The Bertz CT molecular complexity index is 336. The minimum absolute atomic E-state index is 0.276. The molecule has 0 saturated heterocycles. The Labute approximate surface area is 179 Å². The summed E-state index contributed by atoms with van der Waals surface area (Å²) in [6, 6.07) is 0. The van der Waals surface area contributed by atoms with Crippen molar-refractivity contribution in [1.29, 1.82) is 0 Å². The predicted octanol–water partition coefficient (Wildman–Crippen LogP) is 5.22. The van der Waals surface area contributed by atoms with Crippen LogP contribution in [0.1, 0.15) is 78.1 Å². The maximum absolute atomic E-state index is 8.78. The van der Waals surface area contributed by atoms with Crippen molar-refractivity contribution >= 4 is 0 Å². The van der Waals surface area contributed by atoms with Crippen molar-refractivity contribution in [1.82, 2.24) is 0 Å². The first-order valence-corrected chi connectivity index (χ1v) is 11.6. The summed E-state index contributed by atoms with van der Waals surface area (Å²) in [6.45, 7) is 6.89. The summed E-state index contributed by atoms with van der Waals surface area (Å²) in [5.41, 5.74) is 0. The standard InChI is InChI=1S/C24H46O5/c1-3-23(13-9-5-7-11-17-25)15-19-27-21-29-22-28-20-16-24(4-2)14-10-6-8-12-18-26/h9-10,13-14,23-26H,3-8,11-12,15-22H2,1-2H3. The lowest BCUT2D eigenvalue weighted by Gasteiger charge is -2.12. The Morgan fingerprint density at radius 2 is 1.10 bits per heavy atom. The fourth-order valence-electron chi connectivity index (χ4n) is 2.94. The molecule has 0 spiro atoms. The summed E-state index contributed by atoms with van der Waals surface area (Å²) < 4.78 is 16.5. The number of aliphatic hydroxyl groups excluding tert-OH is 2. The van der Waals surface area contributed by atoms with Gasteiger partial charge < -0.3 is 24.4 Å². The fraction of sp³-hybridized carbons (Fsp3) is 0.833. The minimum Gasteiger partial charge on any atom is -0.396 e. The van der Waals surface area contributed by atoms with Gasteiger partial charge in [0.25, 0.3) is 0 Å². The van der Waals surface area contributed by atoms with Crippen LogP contribution in [0.3, 0.4) is 0 Å². The van der Waals surface area contributed by atoms with E-state index in [1.807, 2.05) is 0 Å². The van der Waals surface area contributed by atoms with E-state index in [9.17, 15) is 0 Å². The molecule has 0 aromatic carbocycles. The van der Waals surface area contributed by atoms with Gasteiger partial charge in [-0.25, -0.2) is 0 Å². The molecule has 0 heterocycles. The average Bonchev–Trinajstić information content (AvgIpc) is 2.74. The lowest BCUT2D eigenvalue weighted by atomic mass is 10.0. The number of unbranched alkanes of at least 4 members (excludes halogenated alkanes) is 4. The van der Waals surface area contributed by atoms with Crippen molar-refractivity contribution in [2.24, 2.45) is 11.8 Å². The molecule has 172 valence electrons. The van der Waals surface area contributed by atoms with Crippen molar-refractivity contribution in [3.63, 3.8) is 0 Å². The second-order valence-electron chi connectivity index (χ2n) is 7.47. The van der Waals surface area contributed by atoms with Crippen molar-refractivity contribution in [2.75, 3.05) is 40.0 Å². The van der Waals surface area contributed by atoms with Crippen molar-refractivity contribution < 1.29 is 24.4 Å². The fourth-order valence-corrected chi connectivity index (χ4v) is 2.94. The zero-order valence-corrected chi connectivity index (χ0v) is 18.9. The number of hydrogen-bond donors (Lipinski definition) is 2. The Hall–Kier alpha value is -0.720. The van der Waals surface area contributed by atoms with Crippen LogP contribution < -0.4 is 0 Å². The Kier molecular flexibility index (Phi) is 23.0. The first-order chi connectivity index (χ1) is 14.3. The highest BCUT2D eigenvalue weighted by atomic mass is 16.7. The molecule has 0 amide bonds. The Morgan fingerprint density at radius 3 is 1.48 bits per heavy atom. The topological polar surface area (TPSA) is 68.2 Å². The van der Waals surface area contributed by atoms with E-state index in [0.717, 1.165) is 64.2 Å². The van der Waals surface area contributed by atoms with Gasteiger partial charge in [-0.1, -0.05) is 38.2 Å². The quantitative estimate of drug-likeness (QED) is 0.144. The molecule has 0 radical (unpaired) electrons. The van der Waals surface area contributed by atoms with E-state index in [4.69, 9.17) is 24.4 Å². The maximum atomic E-state index is 8.78. The molecule has 5 heteroatoms. The monoisotopic (exact) mass is 414 g/mol. The van der Waals surface area contributed by atoms with Gasteiger partial charge in [0.2, 0.25) is 0 Å². The summed E-state index contributed by atoms with van der Waals surface area (Å²) in [7, 11) is 0. The molecule has 0 saturated carbocycles. The highest BCUT2D eigenvalue weighted by Gasteiger charge is 2.03.